The molecule has 0 radical (unpaired) electrons. The Morgan fingerprint density at radius 1 is 1.04 bits per heavy atom. The van der Waals surface area contributed by atoms with Crippen molar-refractivity contribution in [2.24, 2.45) is 0 Å². The first kappa shape index (κ1) is 20.4. The van der Waals surface area contributed by atoms with E-state index in [1.54, 1.807) is 0 Å². The van der Waals surface area contributed by atoms with Gasteiger partial charge in [0, 0.05) is 19.6 Å². The Hall–Kier alpha value is -2.38. The Balaban J connectivity index is 1.65. The fourth-order valence-electron chi connectivity index (χ4n) is 3.20. The van der Waals surface area contributed by atoms with Crippen LogP contribution in [0.4, 0.5) is 13.2 Å². The fourth-order valence-corrected chi connectivity index (χ4v) is 3.20. The topological polar surface area (TPSA) is 41.6 Å². The Morgan fingerprint density at radius 3 is 2.29 bits per heavy atom. The summed E-state index contributed by atoms with van der Waals surface area (Å²) in [4.78, 5) is 14.8. The molecule has 0 unspecified atom stereocenters. The minimum Gasteiger partial charge on any atom is -0.379 e. The number of hydrogen-bond donors (Lipinski definition) is 1. The normalized spacial score (nSPS) is 16.5. The maximum atomic E-state index is 12.7. The summed E-state index contributed by atoms with van der Waals surface area (Å²) in [5.74, 6) is -0.220. The smallest absolute Gasteiger partial charge is 0.379 e. The largest absolute Gasteiger partial charge is 0.416 e. The van der Waals surface area contributed by atoms with Gasteiger partial charge in [0.1, 0.15) is 0 Å². The third-order valence-corrected chi connectivity index (χ3v) is 4.73. The van der Waals surface area contributed by atoms with Gasteiger partial charge in [-0.25, -0.2) is 0 Å². The van der Waals surface area contributed by atoms with Gasteiger partial charge in [0.2, 0.25) is 5.91 Å². The van der Waals surface area contributed by atoms with E-state index in [4.69, 9.17) is 4.74 Å². The summed E-state index contributed by atoms with van der Waals surface area (Å²) in [5.41, 5.74) is 0.824. The summed E-state index contributed by atoms with van der Waals surface area (Å²) in [7, 11) is 0. The molecule has 7 heteroatoms. The molecule has 150 valence electrons. The second-order valence-electron chi connectivity index (χ2n) is 6.82. The Morgan fingerprint density at radius 2 is 1.68 bits per heavy atom. The zero-order valence-electron chi connectivity index (χ0n) is 15.4. The van der Waals surface area contributed by atoms with E-state index in [1.807, 2.05) is 30.3 Å². The zero-order valence-corrected chi connectivity index (χ0v) is 15.4. The lowest BCUT2D eigenvalue weighted by atomic mass is 10.0. The van der Waals surface area contributed by atoms with Crippen LogP contribution in [-0.2, 0) is 22.1 Å². The molecule has 1 aliphatic rings. The number of carbonyl (C=O) groups excluding carboxylic acids is 1. The minimum absolute atomic E-state index is 0.0323. The summed E-state index contributed by atoms with van der Waals surface area (Å²) in [6, 6.07) is 14.2. The second-order valence-corrected chi connectivity index (χ2v) is 6.82. The molecule has 28 heavy (non-hydrogen) atoms. The maximum absolute atomic E-state index is 12.7. The molecule has 1 fully saturated rings. The van der Waals surface area contributed by atoms with Gasteiger partial charge < -0.3 is 10.1 Å². The van der Waals surface area contributed by atoms with E-state index in [2.05, 4.69) is 10.2 Å². The van der Waals surface area contributed by atoms with Gasteiger partial charge in [-0.15, -0.1) is 0 Å². The van der Waals surface area contributed by atoms with Crippen molar-refractivity contribution in [2.45, 2.75) is 18.6 Å². The van der Waals surface area contributed by atoms with E-state index < -0.39 is 11.7 Å². The molecule has 1 atom stereocenters. The van der Waals surface area contributed by atoms with Crippen molar-refractivity contribution in [2.75, 3.05) is 32.8 Å². The standard InChI is InChI=1S/C21H23F3N2O2/c22-21(23,24)18-8-6-16(7-9-18)14-20(27)25-19(17-4-2-1-3-5-17)15-26-10-12-28-13-11-26/h1-9,19H,10-15H2,(H,25,27)/t19-/m0/s1. The highest BCUT2D eigenvalue weighted by Crippen LogP contribution is 2.29. The SMILES string of the molecule is O=C(Cc1ccc(C(F)(F)F)cc1)N[C@@H](CN1CCOCC1)c1ccccc1. The maximum Gasteiger partial charge on any atom is 0.416 e. The number of nitrogens with one attached hydrogen (secondary N) is 1. The molecule has 1 amide bonds. The molecule has 0 spiro atoms. The summed E-state index contributed by atoms with van der Waals surface area (Å²) in [6.07, 6.45) is -4.35. The summed E-state index contributed by atoms with van der Waals surface area (Å²) < 4.78 is 43.4. The first-order valence-corrected chi connectivity index (χ1v) is 9.22. The lowest BCUT2D eigenvalue weighted by Crippen LogP contribution is -2.43. The van der Waals surface area contributed by atoms with E-state index in [-0.39, 0.29) is 18.4 Å². The minimum atomic E-state index is -4.38. The van der Waals surface area contributed by atoms with Crippen LogP contribution < -0.4 is 5.32 Å². The van der Waals surface area contributed by atoms with Gasteiger partial charge in [0.05, 0.1) is 31.2 Å². The molecule has 0 aliphatic carbocycles. The lowest BCUT2D eigenvalue weighted by molar-refractivity contribution is -0.137. The molecule has 0 aromatic heterocycles. The first-order chi connectivity index (χ1) is 13.4. The van der Waals surface area contributed by atoms with Crippen molar-refractivity contribution in [3.63, 3.8) is 0 Å². The van der Waals surface area contributed by atoms with Crippen LogP contribution in [0.2, 0.25) is 0 Å². The van der Waals surface area contributed by atoms with Gasteiger partial charge >= 0.3 is 6.18 Å². The van der Waals surface area contributed by atoms with Crippen LogP contribution in [0.15, 0.2) is 54.6 Å². The summed E-state index contributed by atoms with van der Waals surface area (Å²) in [6.45, 7) is 3.60. The number of amides is 1. The number of morpholine rings is 1. The average molecular weight is 392 g/mol. The van der Waals surface area contributed by atoms with Crippen LogP contribution in [0.5, 0.6) is 0 Å². The average Bonchev–Trinajstić information content (AvgIpc) is 2.69. The van der Waals surface area contributed by atoms with Gasteiger partial charge in [0.15, 0.2) is 0 Å². The lowest BCUT2D eigenvalue weighted by Gasteiger charge is -2.31. The zero-order chi connectivity index (χ0) is 20.0. The molecule has 0 saturated carbocycles. The van der Waals surface area contributed by atoms with Crippen molar-refractivity contribution in [1.29, 1.82) is 0 Å². The van der Waals surface area contributed by atoms with Crippen LogP contribution in [0.25, 0.3) is 0 Å². The number of benzene rings is 2. The number of hydrogen-bond acceptors (Lipinski definition) is 3. The van der Waals surface area contributed by atoms with Gasteiger partial charge in [-0.2, -0.15) is 13.2 Å². The highest BCUT2D eigenvalue weighted by Gasteiger charge is 2.30. The van der Waals surface area contributed by atoms with Crippen LogP contribution in [0, 0.1) is 0 Å². The van der Waals surface area contributed by atoms with Crippen LogP contribution in [0.3, 0.4) is 0 Å². The molecule has 1 saturated heterocycles. The molecule has 1 heterocycles. The van der Waals surface area contributed by atoms with E-state index in [9.17, 15) is 18.0 Å². The molecule has 1 aliphatic heterocycles. The molecule has 4 nitrogen and oxygen atoms in total. The fraction of sp³-hybridized carbons (Fsp3) is 0.381. The van der Waals surface area contributed by atoms with E-state index >= 15 is 0 Å². The third-order valence-electron chi connectivity index (χ3n) is 4.73. The number of halogens is 3. The molecular weight excluding hydrogens is 369 g/mol. The molecule has 1 N–H and O–H groups in total. The quantitative estimate of drug-likeness (QED) is 0.819. The molecule has 2 aromatic carbocycles. The molecular formula is C21H23F3N2O2. The molecule has 3 rings (SSSR count). The number of alkyl halides is 3. The van der Waals surface area contributed by atoms with Crippen molar-refractivity contribution in [3.8, 4) is 0 Å². The number of nitrogens with zero attached hydrogens (tertiary/aromatic N) is 1. The molecule has 0 bridgehead atoms. The van der Waals surface area contributed by atoms with Gasteiger partial charge in [-0.1, -0.05) is 42.5 Å². The monoisotopic (exact) mass is 392 g/mol. The van der Waals surface area contributed by atoms with Crippen molar-refractivity contribution in [1.82, 2.24) is 10.2 Å². The molecule has 2 aromatic rings. The van der Waals surface area contributed by atoms with Crippen LogP contribution in [0.1, 0.15) is 22.7 Å². The Labute approximate surface area is 162 Å². The van der Waals surface area contributed by atoms with Gasteiger partial charge in [0.25, 0.3) is 0 Å². The van der Waals surface area contributed by atoms with E-state index in [1.165, 1.54) is 12.1 Å². The van der Waals surface area contributed by atoms with E-state index in [0.29, 0.717) is 25.3 Å². The van der Waals surface area contributed by atoms with Crippen LogP contribution >= 0.6 is 0 Å². The number of rotatable bonds is 6. The highest BCUT2D eigenvalue weighted by atomic mass is 19.4. The number of carbonyl (C=O) groups is 1. The van der Waals surface area contributed by atoms with Gasteiger partial charge in [-0.3, -0.25) is 9.69 Å². The Kier molecular flexibility index (Phi) is 6.70. The Bertz CT molecular complexity index is 757. The predicted octanol–water partition coefficient (Wildman–Crippen LogP) is 3.44. The summed E-state index contributed by atoms with van der Waals surface area (Å²) in [5, 5.41) is 3.03. The van der Waals surface area contributed by atoms with Gasteiger partial charge in [-0.05, 0) is 23.3 Å². The third kappa shape index (κ3) is 5.81. The van der Waals surface area contributed by atoms with Crippen molar-refractivity contribution < 1.29 is 22.7 Å². The van der Waals surface area contributed by atoms with Crippen LogP contribution in [-0.4, -0.2) is 43.7 Å². The van der Waals surface area contributed by atoms with Crippen molar-refractivity contribution >= 4 is 5.91 Å². The van der Waals surface area contributed by atoms with Crippen molar-refractivity contribution in [3.05, 3.63) is 71.3 Å². The number of ether oxygens (including phenoxy) is 1. The predicted molar refractivity (Wildman–Crippen MR) is 99.7 cm³/mol. The second kappa shape index (κ2) is 9.21. The van der Waals surface area contributed by atoms with E-state index in [0.717, 1.165) is 30.8 Å². The summed E-state index contributed by atoms with van der Waals surface area (Å²) >= 11 is 0. The highest BCUT2D eigenvalue weighted by molar-refractivity contribution is 5.79. The first-order valence-electron chi connectivity index (χ1n) is 9.22.